The minimum atomic E-state index is -0.222. The van der Waals surface area contributed by atoms with E-state index in [0.717, 1.165) is 25.7 Å². The lowest BCUT2D eigenvalue weighted by molar-refractivity contribution is 0.162. The molecular formula is C17H22OS. The van der Waals surface area contributed by atoms with Crippen molar-refractivity contribution in [1.82, 2.24) is 0 Å². The second-order valence-electron chi connectivity index (χ2n) is 5.20. The predicted molar refractivity (Wildman–Crippen MR) is 82.9 cm³/mol. The molecule has 2 rings (SSSR count). The lowest BCUT2D eigenvalue weighted by Gasteiger charge is -2.14. The molecule has 0 aliphatic heterocycles. The van der Waals surface area contributed by atoms with Crippen LogP contribution in [0.25, 0.3) is 0 Å². The molecule has 0 radical (unpaired) electrons. The summed E-state index contributed by atoms with van der Waals surface area (Å²) >= 11 is 1.80. The molecule has 0 bridgehead atoms. The van der Waals surface area contributed by atoms with Crippen LogP contribution < -0.4 is 0 Å². The van der Waals surface area contributed by atoms with Gasteiger partial charge in [-0.25, -0.2) is 0 Å². The third-order valence-electron chi connectivity index (χ3n) is 3.62. The second kappa shape index (κ2) is 6.88. The van der Waals surface area contributed by atoms with E-state index in [4.69, 9.17) is 0 Å². The average molecular weight is 274 g/mol. The predicted octanol–water partition coefficient (Wildman–Crippen LogP) is 4.29. The van der Waals surface area contributed by atoms with Crippen LogP contribution in [0, 0.1) is 13.8 Å². The van der Waals surface area contributed by atoms with E-state index in [0.29, 0.717) is 0 Å². The second-order valence-corrected chi connectivity index (χ2v) is 6.23. The number of hydrogen-bond donors (Lipinski definition) is 1. The van der Waals surface area contributed by atoms with Crippen molar-refractivity contribution in [3.05, 3.63) is 57.3 Å². The Balaban J connectivity index is 1.82. The van der Waals surface area contributed by atoms with Crippen molar-refractivity contribution >= 4 is 11.3 Å². The van der Waals surface area contributed by atoms with Gasteiger partial charge in [0.1, 0.15) is 0 Å². The van der Waals surface area contributed by atoms with Crippen LogP contribution in [0.1, 0.15) is 34.4 Å². The molecule has 0 aliphatic rings. The van der Waals surface area contributed by atoms with Crippen molar-refractivity contribution < 1.29 is 5.11 Å². The first-order valence-electron chi connectivity index (χ1n) is 6.92. The summed E-state index contributed by atoms with van der Waals surface area (Å²) in [4.78, 5) is 1.42. The molecule has 0 amide bonds. The van der Waals surface area contributed by atoms with Gasteiger partial charge in [-0.3, -0.25) is 0 Å². The van der Waals surface area contributed by atoms with Gasteiger partial charge < -0.3 is 5.11 Å². The molecule has 1 N–H and O–H groups in total. The van der Waals surface area contributed by atoms with E-state index in [9.17, 15) is 5.11 Å². The number of aliphatic hydroxyl groups is 1. The molecule has 0 saturated carbocycles. The Morgan fingerprint density at radius 3 is 2.47 bits per heavy atom. The number of rotatable bonds is 6. The molecule has 2 aromatic rings. The summed E-state index contributed by atoms with van der Waals surface area (Å²) in [5, 5.41) is 12.3. The van der Waals surface area contributed by atoms with Crippen LogP contribution in [0.5, 0.6) is 0 Å². The number of thiophene rings is 1. The van der Waals surface area contributed by atoms with Gasteiger partial charge in [-0.05, 0) is 67.7 Å². The van der Waals surface area contributed by atoms with Crippen molar-refractivity contribution in [2.75, 3.05) is 0 Å². The largest absolute Gasteiger partial charge is 0.393 e. The van der Waals surface area contributed by atoms with E-state index in [2.05, 4.69) is 49.6 Å². The summed E-state index contributed by atoms with van der Waals surface area (Å²) in [5.41, 5.74) is 3.89. The molecule has 2 heteroatoms. The van der Waals surface area contributed by atoms with Crippen molar-refractivity contribution in [1.29, 1.82) is 0 Å². The van der Waals surface area contributed by atoms with Gasteiger partial charge >= 0.3 is 0 Å². The van der Waals surface area contributed by atoms with Gasteiger partial charge in [0, 0.05) is 4.88 Å². The summed E-state index contributed by atoms with van der Waals surface area (Å²) in [7, 11) is 0. The Bertz CT molecular complexity index is 482. The molecule has 0 saturated heterocycles. The van der Waals surface area contributed by atoms with E-state index >= 15 is 0 Å². The SMILES string of the molecule is Cc1cccc(C)c1CC(O)CCCc1cccs1. The number of aryl methyl sites for hydroxylation is 3. The molecule has 1 aromatic heterocycles. The Morgan fingerprint density at radius 2 is 1.84 bits per heavy atom. The van der Waals surface area contributed by atoms with E-state index in [1.54, 1.807) is 11.3 Å². The highest BCUT2D eigenvalue weighted by molar-refractivity contribution is 7.09. The minimum Gasteiger partial charge on any atom is -0.393 e. The number of hydrogen-bond acceptors (Lipinski definition) is 2. The highest BCUT2D eigenvalue weighted by Crippen LogP contribution is 2.18. The number of benzene rings is 1. The zero-order valence-corrected chi connectivity index (χ0v) is 12.5. The molecule has 1 atom stereocenters. The van der Waals surface area contributed by atoms with Crippen LogP contribution in [-0.4, -0.2) is 11.2 Å². The molecular weight excluding hydrogens is 252 g/mol. The van der Waals surface area contributed by atoms with Gasteiger partial charge in [0.2, 0.25) is 0 Å². The standard InChI is InChI=1S/C17H22OS/c1-13-6-3-7-14(2)17(13)12-15(18)8-4-9-16-10-5-11-19-16/h3,5-7,10-11,15,18H,4,8-9,12H2,1-2H3. The van der Waals surface area contributed by atoms with E-state index in [1.165, 1.54) is 21.6 Å². The molecule has 1 aromatic carbocycles. The van der Waals surface area contributed by atoms with Crippen molar-refractivity contribution in [2.45, 2.75) is 45.6 Å². The van der Waals surface area contributed by atoms with Crippen molar-refractivity contribution in [2.24, 2.45) is 0 Å². The Hall–Kier alpha value is -1.12. The fourth-order valence-electron chi connectivity index (χ4n) is 2.48. The lowest BCUT2D eigenvalue weighted by Crippen LogP contribution is -2.12. The van der Waals surface area contributed by atoms with Crippen LogP contribution >= 0.6 is 11.3 Å². The fourth-order valence-corrected chi connectivity index (χ4v) is 3.23. The van der Waals surface area contributed by atoms with Gasteiger partial charge in [0.05, 0.1) is 6.10 Å². The van der Waals surface area contributed by atoms with Gasteiger partial charge in [0.15, 0.2) is 0 Å². The first kappa shape index (κ1) is 14.3. The summed E-state index contributed by atoms with van der Waals surface area (Å²) < 4.78 is 0. The fraction of sp³-hybridized carbons (Fsp3) is 0.412. The minimum absolute atomic E-state index is 0.222. The van der Waals surface area contributed by atoms with Gasteiger partial charge in [-0.1, -0.05) is 24.3 Å². The van der Waals surface area contributed by atoms with E-state index < -0.39 is 0 Å². The molecule has 102 valence electrons. The first-order valence-corrected chi connectivity index (χ1v) is 7.80. The Kier molecular flexibility index (Phi) is 5.17. The van der Waals surface area contributed by atoms with Gasteiger partial charge in [0.25, 0.3) is 0 Å². The summed E-state index contributed by atoms with van der Waals surface area (Å²) in [6, 6.07) is 10.6. The normalized spacial score (nSPS) is 12.6. The quantitative estimate of drug-likeness (QED) is 0.833. The highest BCUT2D eigenvalue weighted by Gasteiger charge is 2.09. The van der Waals surface area contributed by atoms with Crippen molar-refractivity contribution in [3.8, 4) is 0 Å². The monoisotopic (exact) mass is 274 g/mol. The number of aliphatic hydroxyl groups excluding tert-OH is 1. The van der Waals surface area contributed by atoms with Crippen LogP contribution in [0.2, 0.25) is 0 Å². The third kappa shape index (κ3) is 4.19. The highest BCUT2D eigenvalue weighted by atomic mass is 32.1. The smallest absolute Gasteiger partial charge is 0.0580 e. The Labute approximate surface area is 119 Å². The summed E-state index contributed by atoms with van der Waals surface area (Å²) in [6.45, 7) is 4.25. The summed E-state index contributed by atoms with van der Waals surface area (Å²) in [6.07, 6.45) is 3.59. The third-order valence-corrected chi connectivity index (χ3v) is 4.56. The lowest BCUT2D eigenvalue weighted by atomic mass is 9.95. The van der Waals surface area contributed by atoms with Crippen LogP contribution in [-0.2, 0) is 12.8 Å². The molecule has 1 unspecified atom stereocenters. The maximum absolute atomic E-state index is 10.2. The van der Waals surface area contributed by atoms with Crippen LogP contribution in [0.4, 0.5) is 0 Å². The maximum atomic E-state index is 10.2. The zero-order valence-electron chi connectivity index (χ0n) is 11.7. The molecule has 0 aliphatic carbocycles. The topological polar surface area (TPSA) is 20.2 Å². The average Bonchev–Trinajstić information content (AvgIpc) is 2.87. The van der Waals surface area contributed by atoms with Crippen molar-refractivity contribution in [3.63, 3.8) is 0 Å². The van der Waals surface area contributed by atoms with Gasteiger partial charge in [-0.2, -0.15) is 0 Å². The molecule has 19 heavy (non-hydrogen) atoms. The van der Waals surface area contributed by atoms with Crippen LogP contribution in [0.3, 0.4) is 0 Å². The maximum Gasteiger partial charge on any atom is 0.0580 e. The van der Waals surface area contributed by atoms with E-state index in [-0.39, 0.29) is 6.10 Å². The molecule has 0 spiro atoms. The molecule has 1 heterocycles. The van der Waals surface area contributed by atoms with E-state index in [1.807, 2.05) is 0 Å². The first-order chi connectivity index (χ1) is 9.16. The summed E-state index contributed by atoms with van der Waals surface area (Å²) in [5.74, 6) is 0. The van der Waals surface area contributed by atoms with Gasteiger partial charge in [-0.15, -0.1) is 11.3 Å². The molecule has 1 nitrogen and oxygen atoms in total. The zero-order chi connectivity index (χ0) is 13.7. The van der Waals surface area contributed by atoms with Crippen LogP contribution in [0.15, 0.2) is 35.7 Å². The molecule has 0 fully saturated rings. The Morgan fingerprint density at radius 1 is 1.11 bits per heavy atom.